The van der Waals surface area contributed by atoms with Gasteiger partial charge in [-0.05, 0) is 18.1 Å². The van der Waals surface area contributed by atoms with Gasteiger partial charge in [-0.2, -0.15) is 0 Å². The van der Waals surface area contributed by atoms with E-state index in [0.717, 1.165) is 25.7 Å². The number of hydrogen-bond acceptors (Lipinski definition) is 3. The first kappa shape index (κ1) is 8.10. The van der Waals surface area contributed by atoms with Crippen molar-refractivity contribution in [3.05, 3.63) is 10.4 Å². The van der Waals surface area contributed by atoms with E-state index in [2.05, 4.69) is 5.28 Å². The molecule has 1 aliphatic heterocycles. The van der Waals surface area contributed by atoms with E-state index in [-0.39, 0.29) is 4.97 Å². The summed E-state index contributed by atoms with van der Waals surface area (Å²) in [5.74, 6) is 0. The van der Waals surface area contributed by atoms with E-state index in [1.807, 2.05) is 0 Å². The Hall–Kier alpha value is -1.00. The Balaban J connectivity index is 2.42. The van der Waals surface area contributed by atoms with Crippen LogP contribution >= 0.6 is 0 Å². The van der Waals surface area contributed by atoms with Crippen molar-refractivity contribution in [1.82, 2.24) is 5.01 Å². The average molecular weight is 158 g/mol. The van der Waals surface area contributed by atoms with Crippen molar-refractivity contribution in [2.24, 2.45) is 5.28 Å². The maximum Gasteiger partial charge on any atom is 0.0767 e. The van der Waals surface area contributed by atoms with Gasteiger partial charge in [-0.25, -0.2) is 0 Å². The number of hydrogen-bond donors (Lipinski definition) is 0. The van der Waals surface area contributed by atoms with Gasteiger partial charge in [0, 0.05) is 4.97 Å². The quantitative estimate of drug-likeness (QED) is 0.327. The Bertz CT molecular complexity index is 141. The van der Waals surface area contributed by atoms with E-state index < -0.39 is 0 Å². The van der Waals surface area contributed by atoms with Crippen LogP contribution in [0.2, 0.25) is 0 Å². The third-order valence-corrected chi connectivity index (χ3v) is 1.89. The van der Waals surface area contributed by atoms with Crippen LogP contribution in [0.5, 0.6) is 0 Å². The molecule has 0 saturated carbocycles. The van der Waals surface area contributed by atoms with Gasteiger partial charge in [0.25, 0.3) is 0 Å². The van der Waals surface area contributed by atoms with E-state index in [4.69, 9.17) is 0 Å². The molecule has 0 N–H and O–H groups in total. The van der Waals surface area contributed by atoms with E-state index >= 15 is 0 Å². The maximum absolute atomic E-state index is 10.7. The van der Waals surface area contributed by atoms with Gasteiger partial charge in [0.1, 0.15) is 0 Å². The summed E-state index contributed by atoms with van der Waals surface area (Å²) in [6.45, 7) is 1.32. The first-order chi connectivity index (χ1) is 5.34. The lowest BCUT2D eigenvalue weighted by atomic mass is 10.2. The highest BCUT2D eigenvalue weighted by molar-refractivity contribution is 4.54. The molecule has 1 aliphatic rings. The molecule has 5 heteroatoms. The van der Waals surface area contributed by atoms with Crippen molar-refractivity contribution >= 4 is 0 Å². The highest BCUT2D eigenvalue weighted by atomic mass is 16.6. The smallest absolute Gasteiger partial charge is 0.0767 e. The topological polar surface area (TPSA) is 64.7 Å². The van der Waals surface area contributed by atoms with Gasteiger partial charge < -0.3 is 10.4 Å². The second kappa shape index (κ2) is 4.00. The Labute approximate surface area is 65.4 Å². The highest BCUT2D eigenvalue weighted by Gasteiger charge is 2.13. The zero-order valence-electron chi connectivity index (χ0n) is 6.40. The Morgan fingerprint density at radius 3 is 2.09 bits per heavy atom. The van der Waals surface area contributed by atoms with Crippen LogP contribution in [0.15, 0.2) is 5.28 Å². The summed E-state index contributed by atoms with van der Waals surface area (Å²) in [5.41, 5.74) is 0. The van der Waals surface area contributed by atoms with Crippen molar-refractivity contribution in [2.75, 3.05) is 13.1 Å². The van der Waals surface area contributed by atoms with Gasteiger partial charge in [-0.3, -0.25) is 0 Å². The van der Waals surface area contributed by atoms with Crippen molar-refractivity contribution in [1.29, 1.82) is 0 Å². The maximum atomic E-state index is 10.7. The predicted octanol–water partition coefficient (Wildman–Crippen LogP) is 1.24. The van der Waals surface area contributed by atoms with Crippen LogP contribution in [0.3, 0.4) is 0 Å². The zero-order valence-corrected chi connectivity index (χ0v) is 6.40. The van der Waals surface area contributed by atoms with Crippen molar-refractivity contribution in [3.8, 4) is 0 Å². The summed E-state index contributed by atoms with van der Waals surface area (Å²) >= 11 is 0. The Kier molecular flexibility index (Phi) is 2.95. The molecule has 0 atom stereocenters. The lowest BCUT2D eigenvalue weighted by Crippen LogP contribution is -2.31. The van der Waals surface area contributed by atoms with E-state index in [9.17, 15) is 10.4 Å². The molecule has 1 heterocycles. The minimum absolute atomic E-state index is 0.158. The molecule has 0 aliphatic carbocycles. The molecule has 0 aromatic heterocycles. The number of rotatable bonds is 1. The Morgan fingerprint density at radius 2 is 1.64 bits per heavy atom. The average Bonchev–Trinajstić information content (AvgIpc) is 2.30. The fourth-order valence-electron chi connectivity index (χ4n) is 1.28. The van der Waals surface area contributed by atoms with E-state index in [1.54, 1.807) is 0 Å². The molecule has 0 unspecified atom stereocenters. The van der Waals surface area contributed by atoms with Gasteiger partial charge in [-0.15, -0.1) is 5.01 Å². The highest BCUT2D eigenvalue weighted by Crippen LogP contribution is 2.09. The fourth-order valence-corrected chi connectivity index (χ4v) is 1.28. The van der Waals surface area contributed by atoms with Crippen LogP contribution in [0.4, 0.5) is 0 Å². The molecule has 1 saturated heterocycles. The van der Waals surface area contributed by atoms with E-state index in [0.29, 0.717) is 13.1 Å². The van der Waals surface area contributed by atoms with Crippen molar-refractivity contribution in [3.63, 3.8) is 0 Å². The van der Waals surface area contributed by atoms with Gasteiger partial charge in [0.2, 0.25) is 0 Å². The summed E-state index contributed by atoms with van der Waals surface area (Å²) in [4.78, 5) is 0.158. The number of hydrazine groups is 1. The largest absolute Gasteiger partial charge is 0.737 e. The fraction of sp³-hybridized carbons (Fsp3) is 1.00. The molecule has 0 bridgehead atoms. The zero-order chi connectivity index (χ0) is 8.10. The second-order valence-corrected chi connectivity index (χ2v) is 2.70. The summed E-state index contributed by atoms with van der Waals surface area (Å²) in [5, 5.41) is 24.3. The van der Waals surface area contributed by atoms with Gasteiger partial charge >= 0.3 is 0 Å². The number of nitrogens with zero attached hydrogens (tertiary/aromatic N) is 3. The van der Waals surface area contributed by atoms with Crippen LogP contribution in [-0.2, 0) is 0 Å². The molecule has 64 valence electrons. The van der Waals surface area contributed by atoms with Crippen LogP contribution in [0.25, 0.3) is 0 Å². The summed E-state index contributed by atoms with van der Waals surface area (Å²) in [6.07, 6.45) is 4.24. The molecular formula is C6H12N3O2-. The Morgan fingerprint density at radius 1 is 1.09 bits per heavy atom. The lowest BCUT2D eigenvalue weighted by molar-refractivity contribution is -0.690. The predicted molar refractivity (Wildman–Crippen MR) is 39.5 cm³/mol. The molecule has 5 nitrogen and oxygen atoms in total. The second-order valence-electron chi connectivity index (χ2n) is 2.70. The van der Waals surface area contributed by atoms with Gasteiger partial charge in [0.15, 0.2) is 0 Å². The summed E-state index contributed by atoms with van der Waals surface area (Å²) in [7, 11) is 0. The molecule has 0 aromatic rings. The minimum atomic E-state index is 0.158. The molecule has 0 aromatic carbocycles. The molecular weight excluding hydrogens is 146 g/mol. The van der Waals surface area contributed by atoms with Crippen LogP contribution in [0, 0.1) is 10.4 Å². The SMILES string of the molecule is [O-]/N=[N+](/[O-])N1CCCCCC1. The monoisotopic (exact) mass is 158 g/mol. The van der Waals surface area contributed by atoms with Crippen LogP contribution in [-0.4, -0.2) is 23.1 Å². The first-order valence-electron chi connectivity index (χ1n) is 3.90. The summed E-state index contributed by atoms with van der Waals surface area (Å²) in [6, 6.07) is 0. The lowest BCUT2D eigenvalue weighted by Gasteiger charge is -2.16. The molecule has 1 rings (SSSR count). The van der Waals surface area contributed by atoms with Crippen molar-refractivity contribution < 1.29 is 4.97 Å². The molecule has 11 heavy (non-hydrogen) atoms. The molecule has 0 spiro atoms. The van der Waals surface area contributed by atoms with Crippen LogP contribution in [0.1, 0.15) is 25.7 Å². The summed E-state index contributed by atoms with van der Waals surface area (Å²) < 4.78 is 0. The minimum Gasteiger partial charge on any atom is -0.737 e. The first-order valence-corrected chi connectivity index (χ1v) is 3.90. The third-order valence-electron chi connectivity index (χ3n) is 1.89. The van der Waals surface area contributed by atoms with Gasteiger partial charge in [-0.1, -0.05) is 12.8 Å². The van der Waals surface area contributed by atoms with E-state index in [1.165, 1.54) is 5.01 Å². The van der Waals surface area contributed by atoms with Crippen molar-refractivity contribution in [2.45, 2.75) is 25.7 Å². The van der Waals surface area contributed by atoms with Crippen LogP contribution < -0.4 is 0 Å². The van der Waals surface area contributed by atoms with Gasteiger partial charge in [0.05, 0.1) is 13.1 Å². The molecule has 0 radical (unpaired) electrons. The molecule has 1 fully saturated rings. The third kappa shape index (κ3) is 2.25. The standard InChI is InChI=1S/C6H13N3O2/c10-7-9(11)8-5-3-1-2-4-6-8/h10H,1-6H2/p-1/b9-7+. The molecule has 0 amide bonds. The normalized spacial score (nSPS) is 21.5.